The number of rotatable bonds is 4. The molecular weight excluding hydrogens is 418 g/mol. The van der Waals surface area contributed by atoms with Crippen LogP contribution < -0.4 is 0 Å². The maximum atomic E-state index is 11.2. The van der Waals surface area contributed by atoms with E-state index >= 15 is 0 Å². The Morgan fingerprint density at radius 1 is 0.529 bits per heavy atom. The summed E-state index contributed by atoms with van der Waals surface area (Å²) in [4.78, 5) is 2.18. The number of phenols is 2. The van der Waals surface area contributed by atoms with Crippen LogP contribution in [0.5, 0.6) is 11.5 Å². The summed E-state index contributed by atoms with van der Waals surface area (Å²) in [5, 5.41) is 22.4. The van der Waals surface area contributed by atoms with Crippen molar-refractivity contribution in [3.8, 4) is 11.5 Å². The van der Waals surface area contributed by atoms with Crippen LogP contribution in [0.1, 0.15) is 116 Å². The van der Waals surface area contributed by atoms with Crippen LogP contribution in [0.25, 0.3) is 0 Å². The largest absolute Gasteiger partial charge is 0.507 e. The minimum atomic E-state index is -0.153. The molecule has 0 saturated heterocycles. The fourth-order valence-electron chi connectivity index (χ4n) is 4.28. The van der Waals surface area contributed by atoms with Crippen molar-refractivity contribution in [1.82, 2.24) is 4.90 Å². The van der Waals surface area contributed by atoms with Crippen LogP contribution in [-0.4, -0.2) is 22.2 Å². The lowest BCUT2D eigenvalue weighted by atomic mass is 9.78. The molecule has 3 heteroatoms. The number of hydrogen-bond acceptors (Lipinski definition) is 3. The standard InChI is InChI=1S/C31H49NO2/c1-28(2,3)22-14-20(26(33)24(16-22)30(7,8)9)18-32(13)19-21-15-23(29(4,5)6)17-25(27(21)34)31(10,11)12/h14-17,33-34H,18-19H2,1-13H3. The number of hydrogen-bond donors (Lipinski definition) is 2. The second-order valence-electron chi connectivity index (χ2n) is 14.2. The number of benzene rings is 2. The van der Waals surface area contributed by atoms with E-state index in [1.807, 2.05) is 0 Å². The van der Waals surface area contributed by atoms with Gasteiger partial charge in [-0.05, 0) is 51.0 Å². The molecule has 2 N–H and O–H groups in total. The maximum absolute atomic E-state index is 11.2. The summed E-state index contributed by atoms with van der Waals surface area (Å²) in [6, 6.07) is 8.61. The van der Waals surface area contributed by atoms with Crippen LogP contribution >= 0.6 is 0 Å². The van der Waals surface area contributed by atoms with Crippen LogP contribution in [-0.2, 0) is 34.7 Å². The first kappa shape index (κ1) is 28.2. The minimum absolute atomic E-state index is 0.0120. The molecule has 0 aromatic heterocycles. The summed E-state index contributed by atoms with van der Waals surface area (Å²) in [5.74, 6) is 0.769. The van der Waals surface area contributed by atoms with E-state index in [2.05, 4.69) is 119 Å². The summed E-state index contributed by atoms with van der Waals surface area (Å²) in [6.07, 6.45) is 0. The average molecular weight is 468 g/mol. The van der Waals surface area contributed by atoms with Gasteiger partial charge >= 0.3 is 0 Å². The Hall–Kier alpha value is -2.00. The molecule has 0 radical (unpaired) electrons. The van der Waals surface area contributed by atoms with Gasteiger partial charge in [0.2, 0.25) is 0 Å². The molecule has 0 saturated carbocycles. The first-order valence-electron chi connectivity index (χ1n) is 12.5. The minimum Gasteiger partial charge on any atom is -0.507 e. The van der Waals surface area contributed by atoms with Crippen molar-refractivity contribution >= 4 is 0 Å². The Kier molecular flexibility index (Phi) is 7.66. The van der Waals surface area contributed by atoms with Gasteiger partial charge in [-0.2, -0.15) is 0 Å². The first-order chi connectivity index (χ1) is 15.1. The highest BCUT2D eigenvalue weighted by Gasteiger charge is 2.27. The van der Waals surface area contributed by atoms with Gasteiger partial charge in [0.25, 0.3) is 0 Å². The van der Waals surface area contributed by atoms with Crippen LogP contribution in [0.2, 0.25) is 0 Å². The van der Waals surface area contributed by atoms with Crippen molar-refractivity contribution in [2.45, 2.75) is 118 Å². The van der Waals surface area contributed by atoms with Gasteiger partial charge in [-0.1, -0.05) is 107 Å². The van der Waals surface area contributed by atoms with Gasteiger partial charge in [-0.15, -0.1) is 0 Å². The SMILES string of the molecule is CN(Cc1cc(C(C)(C)C)cc(C(C)(C)C)c1O)Cc1cc(C(C)(C)C)cc(C(C)(C)C)c1O. The molecule has 0 bridgehead atoms. The quantitative estimate of drug-likeness (QED) is 0.480. The van der Waals surface area contributed by atoms with Crippen molar-refractivity contribution in [1.29, 1.82) is 0 Å². The highest BCUT2D eigenvalue weighted by atomic mass is 16.3. The lowest BCUT2D eigenvalue weighted by molar-refractivity contribution is 0.303. The Labute approximate surface area is 209 Å². The topological polar surface area (TPSA) is 43.7 Å². The van der Waals surface area contributed by atoms with E-state index in [4.69, 9.17) is 0 Å². The summed E-state index contributed by atoms with van der Waals surface area (Å²) in [7, 11) is 2.06. The summed E-state index contributed by atoms with van der Waals surface area (Å²) >= 11 is 0. The van der Waals surface area contributed by atoms with Crippen molar-refractivity contribution in [2.75, 3.05) is 7.05 Å². The fourth-order valence-corrected chi connectivity index (χ4v) is 4.28. The molecule has 34 heavy (non-hydrogen) atoms. The molecule has 0 atom stereocenters. The van der Waals surface area contributed by atoms with E-state index in [1.165, 1.54) is 11.1 Å². The van der Waals surface area contributed by atoms with Gasteiger partial charge in [0.05, 0.1) is 0 Å². The van der Waals surface area contributed by atoms with Gasteiger partial charge in [-0.3, -0.25) is 4.90 Å². The number of phenolic OH excluding ortho intramolecular Hbond substituents is 2. The zero-order chi connectivity index (χ0) is 26.4. The lowest BCUT2D eigenvalue weighted by Crippen LogP contribution is -2.22. The Morgan fingerprint density at radius 3 is 1.06 bits per heavy atom. The molecule has 3 nitrogen and oxygen atoms in total. The molecule has 0 amide bonds. The third-order valence-corrected chi connectivity index (χ3v) is 6.61. The van der Waals surface area contributed by atoms with Gasteiger partial charge in [0.1, 0.15) is 11.5 Å². The van der Waals surface area contributed by atoms with E-state index in [0.717, 1.165) is 22.3 Å². The highest BCUT2D eigenvalue weighted by molar-refractivity contribution is 5.50. The molecule has 190 valence electrons. The third kappa shape index (κ3) is 6.56. The predicted octanol–water partition coefficient (Wildman–Crippen LogP) is 7.92. The van der Waals surface area contributed by atoms with E-state index in [-0.39, 0.29) is 21.7 Å². The predicted molar refractivity (Wildman–Crippen MR) is 146 cm³/mol. The van der Waals surface area contributed by atoms with Gasteiger partial charge in [0.15, 0.2) is 0 Å². The Bertz CT molecular complexity index is 938. The second-order valence-corrected chi connectivity index (χ2v) is 14.2. The molecule has 0 spiro atoms. The smallest absolute Gasteiger partial charge is 0.123 e. The summed E-state index contributed by atoms with van der Waals surface area (Å²) in [5.41, 5.74) is 5.96. The molecule has 0 heterocycles. The zero-order valence-corrected chi connectivity index (χ0v) is 24.1. The summed E-state index contributed by atoms with van der Waals surface area (Å²) in [6.45, 7) is 27.3. The molecule has 2 rings (SSSR count). The number of aromatic hydroxyl groups is 2. The Balaban J connectivity index is 2.52. The van der Waals surface area contributed by atoms with E-state index in [0.29, 0.717) is 24.6 Å². The van der Waals surface area contributed by atoms with E-state index in [9.17, 15) is 10.2 Å². The van der Waals surface area contributed by atoms with Gasteiger partial charge < -0.3 is 10.2 Å². The van der Waals surface area contributed by atoms with Crippen molar-refractivity contribution in [3.05, 3.63) is 57.6 Å². The molecule has 0 aliphatic carbocycles. The van der Waals surface area contributed by atoms with Gasteiger partial charge in [-0.25, -0.2) is 0 Å². The van der Waals surface area contributed by atoms with Crippen LogP contribution in [0.3, 0.4) is 0 Å². The lowest BCUT2D eigenvalue weighted by Gasteiger charge is -2.30. The normalized spacial score (nSPS) is 13.6. The second kappa shape index (κ2) is 9.22. The summed E-state index contributed by atoms with van der Waals surface area (Å²) < 4.78 is 0. The molecule has 2 aromatic carbocycles. The van der Waals surface area contributed by atoms with Gasteiger partial charge in [0, 0.05) is 24.2 Å². The molecule has 0 unspecified atom stereocenters. The van der Waals surface area contributed by atoms with E-state index < -0.39 is 0 Å². The van der Waals surface area contributed by atoms with Crippen molar-refractivity contribution in [3.63, 3.8) is 0 Å². The Morgan fingerprint density at radius 2 is 0.824 bits per heavy atom. The van der Waals surface area contributed by atoms with Crippen LogP contribution in [0.15, 0.2) is 24.3 Å². The highest BCUT2D eigenvalue weighted by Crippen LogP contribution is 2.40. The molecular formula is C31H49NO2. The number of nitrogens with zero attached hydrogens (tertiary/aromatic N) is 1. The van der Waals surface area contributed by atoms with Crippen molar-refractivity contribution in [2.24, 2.45) is 0 Å². The van der Waals surface area contributed by atoms with Crippen LogP contribution in [0, 0.1) is 0 Å². The maximum Gasteiger partial charge on any atom is 0.123 e. The van der Waals surface area contributed by atoms with E-state index in [1.54, 1.807) is 0 Å². The molecule has 0 aliphatic rings. The molecule has 0 aliphatic heterocycles. The van der Waals surface area contributed by atoms with Crippen molar-refractivity contribution < 1.29 is 10.2 Å². The average Bonchev–Trinajstić information content (AvgIpc) is 2.61. The fraction of sp³-hybridized carbons (Fsp3) is 0.613. The van der Waals surface area contributed by atoms with Crippen LogP contribution in [0.4, 0.5) is 0 Å². The first-order valence-corrected chi connectivity index (χ1v) is 12.5. The molecule has 2 aromatic rings. The molecule has 0 fully saturated rings. The monoisotopic (exact) mass is 467 g/mol. The third-order valence-electron chi connectivity index (χ3n) is 6.61. The zero-order valence-electron chi connectivity index (χ0n) is 24.1.